The van der Waals surface area contributed by atoms with Gasteiger partial charge in [-0.25, -0.2) is 8.42 Å². The van der Waals surface area contributed by atoms with Gasteiger partial charge in [-0.1, -0.05) is 11.6 Å². The van der Waals surface area contributed by atoms with E-state index in [1.807, 2.05) is 0 Å². The molecule has 0 saturated heterocycles. The van der Waals surface area contributed by atoms with Crippen molar-refractivity contribution in [2.24, 2.45) is 0 Å². The largest absolute Gasteiger partial charge is 0.265 e. The number of sulfonamides is 1. The summed E-state index contributed by atoms with van der Waals surface area (Å²) in [5.74, 6) is 0.0292. The standard InChI is InChI=1S/C7H7ClN4O2S/c1-5(4-9)15(13,14)12-7-3-2-6(8)10-11-7/h2-3,5H,1H3,(H,11,12). The van der Waals surface area contributed by atoms with Crippen molar-refractivity contribution in [3.05, 3.63) is 17.3 Å². The third-order valence-electron chi connectivity index (χ3n) is 1.53. The molecule has 1 unspecified atom stereocenters. The monoisotopic (exact) mass is 246 g/mol. The summed E-state index contributed by atoms with van der Waals surface area (Å²) in [6, 6.07) is 4.36. The zero-order valence-electron chi connectivity index (χ0n) is 7.68. The molecule has 0 radical (unpaired) electrons. The van der Waals surface area contributed by atoms with Gasteiger partial charge in [0.05, 0.1) is 6.07 Å². The molecule has 0 saturated carbocycles. The zero-order chi connectivity index (χ0) is 11.5. The molecule has 0 spiro atoms. The second kappa shape index (κ2) is 4.42. The van der Waals surface area contributed by atoms with Crippen LogP contribution in [0.15, 0.2) is 12.1 Å². The Labute approximate surface area is 91.9 Å². The Kier molecular flexibility index (Phi) is 3.44. The van der Waals surface area contributed by atoms with Crippen LogP contribution in [0, 0.1) is 11.3 Å². The van der Waals surface area contributed by atoms with Gasteiger partial charge in [0, 0.05) is 0 Å². The normalized spacial score (nSPS) is 12.9. The van der Waals surface area contributed by atoms with Crippen LogP contribution >= 0.6 is 11.6 Å². The second-order valence-corrected chi connectivity index (χ2v) is 5.05. The summed E-state index contributed by atoms with van der Waals surface area (Å²) in [6.07, 6.45) is 0. The third kappa shape index (κ3) is 3.04. The van der Waals surface area contributed by atoms with Gasteiger partial charge in [0.1, 0.15) is 0 Å². The number of aromatic nitrogens is 2. The average molecular weight is 247 g/mol. The maximum Gasteiger partial charge on any atom is 0.250 e. The SMILES string of the molecule is CC(C#N)S(=O)(=O)Nc1ccc(Cl)nn1. The van der Waals surface area contributed by atoms with Crippen LogP contribution in [0.25, 0.3) is 0 Å². The van der Waals surface area contributed by atoms with E-state index in [9.17, 15) is 8.42 Å². The molecule has 1 N–H and O–H groups in total. The Morgan fingerprint density at radius 2 is 2.20 bits per heavy atom. The molecule has 15 heavy (non-hydrogen) atoms. The number of anilines is 1. The van der Waals surface area contributed by atoms with E-state index in [0.717, 1.165) is 0 Å². The Bertz CT molecular complexity index is 479. The first-order chi connectivity index (χ1) is 6.95. The van der Waals surface area contributed by atoms with Crippen LogP contribution in [0.3, 0.4) is 0 Å². The highest BCUT2D eigenvalue weighted by Crippen LogP contribution is 2.09. The molecule has 0 aliphatic heterocycles. The summed E-state index contributed by atoms with van der Waals surface area (Å²) in [5.41, 5.74) is 0. The van der Waals surface area contributed by atoms with Crippen molar-refractivity contribution in [3.8, 4) is 6.07 Å². The molecule has 1 heterocycles. The van der Waals surface area contributed by atoms with Crippen LogP contribution in [0.4, 0.5) is 5.82 Å². The van der Waals surface area contributed by atoms with Gasteiger partial charge < -0.3 is 0 Å². The Hall–Kier alpha value is -1.39. The smallest absolute Gasteiger partial charge is 0.250 e. The Balaban J connectivity index is 2.88. The minimum atomic E-state index is -3.73. The van der Waals surface area contributed by atoms with Gasteiger partial charge in [-0.15, -0.1) is 10.2 Å². The molecule has 1 aromatic heterocycles. The van der Waals surface area contributed by atoms with Gasteiger partial charge in [0.25, 0.3) is 0 Å². The molecule has 0 bridgehead atoms. The van der Waals surface area contributed by atoms with Crippen molar-refractivity contribution in [1.82, 2.24) is 10.2 Å². The van der Waals surface area contributed by atoms with Crippen molar-refractivity contribution in [2.75, 3.05) is 4.72 Å². The van der Waals surface area contributed by atoms with E-state index in [1.165, 1.54) is 19.1 Å². The first-order valence-corrected chi connectivity index (χ1v) is 5.78. The van der Waals surface area contributed by atoms with Crippen molar-refractivity contribution >= 4 is 27.4 Å². The number of nitrogens with one attached hydrogen (secondary N) is 1. The first-order valence-electron chi connectivity index (χ1n) is 3.86. The molecular formula is C7H7ClN4O2S. The molecule has 0 aliphatic rings. The predicted octanol–water partition coefficient (Wildman–Crippen LogP) is 0.784. The molecule has 1 aromatic rings. The fourth-order valence-electron chi connectivity index (χ4n) is 0.674. The highest BCUT2D eigenvalue weighted by atomic mass is 35.5. The van der Waals surface area contributed by atoms with Gasteiger partial charge >= 0.3 is 0 Å². The summed E-state index contributed by atoms with van der Waals surface area (Å²) < 4.78 is 24.9. The van der Waals surface area contributed by atoms with Gasteiger partial charge in [-0.2, -0.15) is 5.26 Å². The van der Waals surface area contributed by atoms with E-state index in [1.54, 1.807) is 6.07 Å². The lowest BCUT2D eigenvalue weighted by Crippen LogP contribution is -2.24. The lowest BCUT2D eigenvalue weighted by molar-refractivity contribution is 0.597. The number of hydrogen-bond donors (Lipinski definition) is 1. The van der Waals surface area contributed by atoms with Crippen molar-refractivity contribution in [1.29, 1.82) is 5.26 Å². The third-order valence-corrected chi connectivity index (χ3v) is 3.26. The molecule has 0 aromatic carbocycles. The number of rotatable bonds is 3. The molecule has 0 amide bonds. The van der Waals surface area contributed by atoms with E-state index in [2.05, 4.69) is 14.9 Å². The summed E-state index contributed by atoms with van der Waals surface area (Å²) in [5, 5.41) is 14.4. The summed E-state index contributed by atoms with van der Waals surface area (Å²) >= 11 is 5.47. The summed E-state index contributed by atoms with van der Waals surface area (Å²) in [4.78, 5) is 0. The van der Waals surface area contributed by atoms with Crippen molar-refractivity contribution in [2.45, 2.75) is 12.2 Å². The number of halogens is 1. The van der Waals surface area contributed by atoms with E-state index < -0.39 is 15.3 Å². The number of hydrogen-bond acceptors (Lipinski definition) is 5. The zero-order valence-corrected chi connectivity index (χ0v) is 9.25. The number of nitrogens with zero attached hydrogens (tertiary/aromatic N) is 3. The van der Waals surface area contributed by atoms with Crippen molar-refractivity contribution < 1.29 is 8.42 Å². The fourth-order valence-corrected chi connectivity index (χ4v) is 1.49. The fraction of sp³-hybridized carbons (Fsp3) is 0.286. The quantitative estimate of drug-likeness (QED) is 0.850. The van der Waals surface area contributed by atoms with Crippen molar-refractivity contribution in [3.63, 3.8) is 0 Å². The molecule has 80 valence electrons. The van der Waals surface area contributed by atoms with E-state index in [0.29, 0.717) is 0 Å². The topological polar surface area (TPSA) is 95.7 Å². The lowest BCUT2D eigenvalue weighted by atomic mass is 10.5. The average Bonchev–Trinajstić information content (AvgIpc) is 2.20. The minimum absolute atomic E-state index is 0.0292. The molecule has 6 nitrogen and oxygen atoms in total. The van der Waals surface area contributed by atoms with E-state index >= 15 is 0 Å². The maximum absolute atomic E-state index is 11.4. The Morgan fingerprint density at radius 3 is 2.67 bits per heavy atom. The molecule has 8 heteroatoms. The number of nitriles is 1. The van der Waals surface area contributed by atoms with Gasteiger partial charge in [0.15, 0.2) is 16.2 Å². The van der Waals surface area contributed by atoms with Crippen LogP contribution in [0.5, 0.6) is 0 Å². The van der Waals surface area contributed by atoms with Crippen LogP contribution in [-0.4, -0.2) is 23.9 Å². The first kappa shape index (κ1) is 11.7. The molecule has 1 rings (SSSR count). The van der Waals surface area contributed by atoms with Gasteiger partial charge in [-0.05, 0) is 19.1 Å². The molecule has 0 aliphatic carbocycles. The van der Waals surface area contributed by atoms with E-state index in [4.69, 9.17) is 16.9 Å². The summed E-state index contributed by atoms with van der Waals surface area (Å²) in [6.45, 7) is 1.27. The summed E-state index contributed by atoms with van der Waals surface area (Å²) in [7, 11) is -3.73. The van der Waals surface area contributed by atoms with Crippen LogP contribution in [-0.2, 0) is 10.0 Å². The predicted molar refractivity (Wildman–Crippen MR) is 54.7 cm³/mol. The second-order valence-electron chi connectivity index (χ2n) is 2.66. The minimum Gasteiger partial charge on any atom is -0.265 e. The Morgan fingerprint density at radius 1 is 1.53 bits per heavy atom. The van der Waals surface area contributed by atoms with Crippen LogP contribution < -0.4 is 4.72 Å². The highest BCUT2D eigenvalue weighted by molar-refractivity contribution is 7.93. The van der Waals surface area contributed by atoms with E-state index in [-0.39, 0.29) is 11.0 Å². The molecule has 1 atom stereocenters. The maximum atomic E-state index is 11.4. The molecular weight excluding hydrogens is 240 g/mol. The highest BCUT2D eigenvalue weighted by Gasteiger charge is 2.20. The van der Waals surface area contributed by atoms with Crippen LogP contribution in [0.1, 0.15) is 6.92 Å². The molecule has 0 fully saturated rings. The van der Waals surface area contributed by atoms with Gasteiger partial charge in [0.2, 0.25) is 10.0 Å². The van der Waals surface area contributed by atoms with Crippen LogP contribution in [0.2, 0.25) is 5.15 Å². The lowest BCUT2D eigenvalue weighted by Gasteiger charge is -2.07. The van der Waals surface area contributed by atoms with Gasteiger partial charge in [-0.3, -0.25) is 4.72 Å².